The van der Waals surface area contributed by atoms with Crippen molar-refractivity contribution >= 4 is 15.5 Å². The molecule has 5 heteroatoms. The van der Waals surface area contributed by atoms with Crippen molar-refractivity contribution in [3.05, 3.63) is 29.8 Å². The van der Waals surface area contributed by atoms with Crippen molar-refractivity contribution in [1.82, 2.24) is 0 Å². The largest absolute Gasteiger partial charge is 0.382 e. The average molecular weight is 337 g/mol. The number of aryl methyl sites for hydroxylation is 1. The summed E-state index contributed by atoms with van der Waals surface area (Å²) in [6.07, 6.45) is 7.22. The third-order valence-corrected chi connectivity index (χ3v) is 6.44. The Balaban J connectivity index is 1.57. The Labute approximate surface area is 139 Å². The average Bonchev–Trinajstić information content (AvgIpc) is 2.42. The second-order valence-corrected chi connectivity index (χ2v) is 9.30. The van der Waals surface area contributed by atoms with Crippen LogP contribution in [0, 0.1) is 5.41 Å². The van der Waals surface area contributed by atoms with Gasteiger partial charge in [0, 0.05) is 30.0 Å². The topological polar surface area (TPSA) is 55.4 Å². The fourth-order valence-electron chi connectivity index (χ4n) is 3.91. The lowest BCUT2D eigenvalue weighted by Crippen LogP contribution is -2.64. The molecule has 0 unspecified atom stereocenters. The molecule has 23 heavy (non-hydrogen) atoms. The van der Waals surface area contributed by atoms with Gasteiger partial charge in [-0.05, 0) is 50.3 Å². The van der Waals surface area contributed by atoms with E-state index in [0.29, 0.717) is 24.0 Å². The molecular formula is C18H27NO3S. The first kappa shape index (κ1) is 16.8. The molecule has 1 N–H and O–H groups in total. The van der Waals surface area contributed by atoms with Gasteiger partial charge >= 0.3 is 0 Å². The molecule has 0 saturated heterocycles. The van der Waals surface area contributed by atoms with Crippen LogP contribution in [0.3, 0.4) is 0 Å². The molecule has 1 aromatic carbocycles. The molecule has 128 valence electrons. The summed E-state index contributed by atoms with van der Waals surface area (Å²) in [5.41, 5.74) is 2.55. The monoisotopic (exact) mass is 337 g/mol. The zero-order valence-electron chi connectivity index (χ0n) is 14.0. The van der Waals surface area contributed by atoms with Crippen LogP contribution in [0.15, 0.2) is 24.3 Å². The summed E-state index contributed by atoms with van der Waals surface area (Å²) in [5, 5.41) is 3.66. The number of hydrogen-bond acceptors (Lipinski definition) is 4. The van der Waals surface area contributed by atoms with Gasteiger partial charge in [-0.2, -0.15) is 0 Å². The molecule has 4 nitrogen and oxygen atoms in total. The predicted octanol–water partition coefficient (Wildman–Crippen LogP) is 3.03. The van der Waals surface area contributed by atoms with Gasteiger partial charge in [0.1, 0.15) is 9.84 Å². The van der Waals surface area contributed by atoms with Gasteiger partial charge in [-0.3, -0.25) is 0 Å². The van der Waals surface area contributed by atoms with Crippen molar-refractivity contribution in [1.29, 1.82) is 0 Å². The van der Waals surface area contributed by atoms with Crippen molar-refractivity contribution in [2.24, 2.45) is 5.41 Å². The summed E-state index contributed by atoms with van der Waals surface area (Å²) in [5.74, 6) is 0.210. The molecule has 0 radical (unpaired) electrons. The van der Waals surface area contributed by atoms with E-state index in [0.717, 1.165) is 24.3 Å². The lowest BCUT2D eigenvalue weighted by atomic mass is 9.51. The third kappa shape index (κ3) is 3.56. The molecule has 2 saturated carbocycles. The van der Waals surface area contributed by atoms with Gasteiger partial charge in [0.15, 0.2) is 0 Å². The van der Waals surface area contributed by atoms with Crippen LogP contribution in [-0.2, 0) is 21.0 Å². The molecule has 2 aliphatic carbocycles. The van der Waals surface area contributed by atoms with Gasteiger partial charge in [0.25, 0.3) is 0 Å². The molecule has 3 rings (SSSR count). The quantitative estimate of drug-likeness (QED) is 0.831. The minimum atomic E-state index is -2.90. The zero-order valence-corrected chi connectivity index (χ0v) is 14.9. The van der Waals surface area contributed by atoms with E-state index in [2.05, 4.69) is 24.4 Å². The zero-order chi connectivity index (χ0) is 16.5. The van der Waals surface area contributed by atoms with E-state index in [1.165, 1.54) is 25.5 Å². The Bertz CT molecular complexity index is 635. The molecule has 0 aromatic heterocycles. The Morgan fingerprint density at radius 1 is 1.26 bits per heavy atom. The smallest absolute Gasteiger partial charge is 0.147 e. The van der Waals surface area contributed by atoms with Crippen LogP contribution in [0.25, 0.3) is 0 Å². The highest BCUT2D eigenvalue weighted by molar-refractivity contribution is 7.90. The molecule has 2 aliphatic rings. The first-order valence-corrected chi connectivity index (χ1v) is 10.6. The maximum Gasteiger partial charge on any atom is 0.147 e. The van der Waals surface area contributed by atoms with E-state index < -0.39 is 9.84 Å². The van der Waals surface area contributed by atoms with Crippen molar-refractivity contribution < 1.29 is 13.2 Å². The lowest BCUT2D eigenvalue weighted by Gasteiger charge is -2.61. The van der Waals surface area contributed by atoms with Gasteiger partial charge in [0.2, 0.25) is 0 Å². The molecule has 2 atom stereocenters. The highest BCUT2D eigenvalue weighted by Gasteiger charge is 2.58. The SMILES string of the molecule is CCO[C@@H]1C[C@@H](Nc2ccc(CCS(C)(=O)=O)cc2)C12CCC2. The molecule has 0 amide bonds. The number of hydrogen-bond donors (Lipinski definition) is 1. The van der Waals surface area contributed by atoms with Crippen molar-refractivity contribution in [3.63, 3.8) is 0 Å². The van der Waals surface area contributed by atoms with Crippen molar-refractivity contribution in [3.8, 4) is 0 Å². The second kappa shape index (κ2) is 6.44. The van der Waals surface area contributed by atoms with Gasteiger partial charge in [0.05, 0.1) is 11.9 Å². The number of sulfone groups is 1. The van der Waals surface area contributed by atoms with Crippen molar-refractivity contribution in [2.75, 3.05) is 23.9 Å². The van der Waals surface area contributed by atoms with E-state index in [1.807, 2.05) is 12.1 Å². The Morgan fingerprint density at radius 3 is 2.48 bits per heavy atom. The normalized spacial score (nSPS) is 25.7. The van der Waals surface area contributed by atoms with Gasteiger partial charge < -0.3 is 10.1 Å². The summed E-state index contributed by atoms with van der Waals surface area (Å²) < 4.78 is 28.4. The Hall–Kier alpha value is -1.07. The summed E-state index contributed by atoms with van der Waals surface area (Å²) in [7, 11) is -2.90. The van der Waals surface area contributed by atoms with Crippen molar-refractivity contribution in [2.45, 2.75) is 51.2 Å². The summed E-state index contributed by atoms with van der Waals surface area (Å²) >= 11 is 0. The van der Waals surface area contributed by atoms with E-state index in [1.54, 1.807) is 0 Å². The number of anilines is 1. The molecular weight excluding hydrogens is 310 g/mol. The maximum absolute atomic E-state index is 11.2. The van der Waals surface area contributed by atoms with E-state index >= 15 is 0 Å². The van der Waals surface area contributed by atoms with E-state index in [-0.39, 0.29) is 5.75 Å². The predicted molar refractivity (Wildman–Crippen MR) is 93.6 cm³/mol. The third-order valence-electron chi connectivity index (χ3n) is 5.49. The van der Waals surface area contributed by atoms with Gasteiger partial charge in [-0.1, -0.05) is 18.6 Å². The highest BCUT2D eigenvalue weighted by atomic mass is 32.2. The fraction of sp³-hybridized carbons (Fsp3) is 0.667. The van der Waals surface area contributed by atoms with Crippen LogP contribution in [0.4, 0.5) is 5.69 Å². The van der Waals surface area contributed by atoms with Crippen LogP contribution in [0.5, 0.6) is 0 Å². The van der Waals surface area contributed by atoms with E-state index in [9.17, 15) is 8.42 Å². The number of ether oxygens (including phenoxy) is 1. The summed E-state index contributed by atoms with van der Waals surface area (Å²) in [4.78, 5) is 0. The number of nitrogens with one attached hydrogen (secondary N) is 1. The molecule has 2 fully saturated rings. The molecule has 0 heterocycles. The number of rotatable bonds is 7. The standard InChI is InChI=1S/C18H27NO3S/c1-3-22-17-13-16(18(17)10-4-11-18)19-15-7-5-14(6-8-15)9-12-23(2,20)21/h5-8,16-17,19H,3-4,9-13H2,1-2H3/t16-,17-/m1/s1. The molecule has 1 aromatic rings. The molecule has 0 aliphatic heterocycles. The van der Waals surface area contributed by atoms with Crippen LogP contribution < -0.4 is 5.32 Å². The molecule has 0 bridgehead atoms. The Kier molecular flexibility index (Phi) is 4.70. The lowest BCUT2D eigenvalue weighted by molar-refractivity contribution is -0.157. The maximum atomic E-state index is 11.2. The van der Waals surface area contributed by atoms with Gasteiger partial charge in [-0.15, -0.1) is 0 Å². The first-order chi connectivity index (χ1) is 10.9. The van der Waals surface area contributed by atoms with Crippen LogP contribution in [0.1, 0.15) is 38.2 Å². The van der Waals surface area contributed by atoms with Gasteiger partial charge in [-0.25, -0.2) is 8.42 Å². The van der Waals surface area contributed by atoms with E-state index in [4.69, 9.17) is 4.74 Å². The summed E-state index contributed by atoms with van der Waals surface area (Å²) in [6.45, 7) is 2.87. The Morgan fingerprint density at radius 2 is 1.96 bits per heavy atom. The highest BCUT2D eigenvalue weighted by Crippen LogP contribution is 2.58. The van der Waals surface area contributed by atoms with Crippen LogP contribution in [-0.4, -0.2) is 39.2 Å². The number of benzene rings is 1. The van der Waals surface area contributed by atoms with Crippen LogP contribution in [0.2, 0.25) is 0 Å². The second-order valence-electron chi connectivity index (χ2n) is 7.04. The van der Waals surface area contributed by atoms with Crippen LogP contribution >= 0.6 is 0 Å². The first-order valence-electron chi connectivity index (χ1n) is 8.58. The minimum absolute atomic E-state index is 0.210. The fourth-order valence-corrected chi connectivity index (χ4v) is 4.52. The minimum Gasteiger partial charge on any atom is -0.382 e. The molecule has 1 spiro atoms. The summed E-state index contributed by atoms with van der Waals surface area (Å²) in [6, 6.07) is 8.70.